The van der Waals surface area contributed by atoms with Crippen LogP contribution >= 0.6 is 0 Å². The molecule has 1 aliphatic carbocycles. The van der Waals surface area contributed by atoms with E-state index in [9.17, 15) is 9.59 Å². The molecule has 1 aromatic carbocycles. The zero-order valence-corrected chi connectivity index (χ0v) is 10.8. The maximum Gasteiger partial charge on any atom is 0.243 e. The summed E-state index contributed by atoms with van der Waals surface area (Å²) in [4.78, 5) is 25.7. The van der Waals surface area contributed by atoms with Crippen molar-refractivity contribution in [2.24, 2.45) is 5.92 Å². The molecule has 0 bridgehead atoms. The van der Waals surface area contributed by atoms with Gasteiger partial charge in [0.15, 0.2) is 0 Å². The third kappa shape index (κ3) is 2.62. The van der Waals surface area contributed by atoms with Gasteiger partial charge in [0, 0.05) is 6.54 Å². The molecule has 3 rings (SSSR count). The smallest absolute Gasteiger partial charge is 0.243 e. The van der Waals surface area contributed by atoms with Gasteiger partial charge in [-0.3, -0.25) is 9.59 Å². The lowest BCUT2D eigenvalue weighted by atomic mass is 10.1. The maximum absolute atomic E-state index is 12.0. The van der Waals surface area contributed by atoms with E-state index in [2.05, 4.69) is 17.4 Å². The van der Waals surface area contributed by atoms with Crippen LogP contribution in [0.25, 0.3) is 0 Å². The Labute approximate surface area is 112 Å². The SMILES string of the molecule is O=C1NCC(=O)N(CCc2ccccc2)C1C1CC1. The number of carbonyl (C=O) groups is 2. The molecule has 100 valence electrons. The van der Waals surface area contributed by atoms with E-state index in [-0.39, 0.29) is 24.4 Å². The highest BCUT2D eigenvalue weighted by atomic mass is 16.2. The molecule has 2 fully saturated rings. The van der Waals surface area contributed by atoms with Crippen LogP contribution in [0.1, 0.15) is 18.4 Å². The van der Waals surface area contributed by atoms with Crippen LogP contribution in [0.2, 0.25) is 0 Å². The van der Waals surface area contributed by atoms with E-state index in [4.69, 9.17) is 0 Å². The fourth-order valence-electron chi connectivity index (χ4n) is 2.70. The van der Waals surface area contributed by atoms with Crippen molar-refractivity contribution < 1.29 is 9.59 Å². The van der Waals surface area contributed by atoms with E-state index in [1.165, 1.54) is 5.56 Å². The zero-order valence-electron chi connectivity index (χ0n) is 10.8. The Hall–Kier alpha value is -1.84. The first-order valence-corrected chi connectivity index (χ1v) is 6.87. The number of rotatable bonds is 4. The Kier molecular flexibility index (Phi) is 3.23. The van der Waals surface area contributed by atoms with Gasteiger partial charge in [-0.25, -0.2) is 0 Å². The molecule has 1 saturated carbocycles. The maximum atomic E-state index is 12.0. The predicted octanol–water partition coefficient (Wildman–Crippen LogP) is 0.966. The highest BCUT2D eigenvalue weighted by Gasteiger charge is 2.44. The molecule has 19 heavy (non-hydrogen) atoms. The number of amides is 2. The topological polar surface area (TPSA) is 49.4 Å². The Morgan fingerprint density at radius 2 is 1.89 bits per heavy atom. The first-order chi connectivity index (χ1) is 9.25. The Bertz CT molecular complexity index is 482. The highest BCUT2D eigenvalue weighted by Crippen LogP contribution is 2.36. The van der Waals surface area contributed by atoms with Crippen LogP contribution in [0.3, 0.4) is 0 Å². The average Bonchev–Trinajstić information content (AvgIpc) is 3.25. The molecule has 2 amide bonds. The monoisotopic (exact) mass is 258 g/mol. The molecule has 1 atom stereocenters. The second-order valence-electron chi connectivity index (χ2n) is 5.32. The first kappa shape index (κ1) is 12.2. The van der Waals surface area contributed by atoms with Crippen LogP contribution in [0.4, 0.5) is 0 Å². The molecule has 1 aromatic rings. The quantitative estimate of drug-likeness (QED) is 0.874. The number of hydrogen-bond acceptors (Lipinski definition) is 2. The minimum atomic E-state index is -0.232. The van der Waals surface area contributed by atoms with E-state index in [1.54, 1.807) is 4.90 Å². The summed E-state index contributed by atoms with van der Waals surface area (Å²) in [6, 6.07) is 9.86. The van der Waals surface area contributed by atoms with E-state index in [0.29, 0.717) is 12.5 Å². The number of carbonyl (C=O) groups excluding carboxylic acids is 2. The lowest BCUT2D eigenvalue weighted by Gasteiger charge is -2.35. The molecular formula is C15H18N2O2. The van der Waals surface area contributed by atoms with Gasteiger partial charge in [-0.2, -0.15) is 0 Å². The van der Waals surface area contributed by atoms with Gasteiger partial charge in [-0.05, 0) is 30.7 Å². The van der Waals surface area contributed by atoms with Crippen molar-refractivity contribution in [1.82, 2.24) is 10.2 Å². The van der Waals surface area contributed by atoms with Gasteiger partial charge in [-0.1, -0.05) is 30.3 Å². The summed E-state index contributed by atoms with van der Waals surface area (Å²) < 4.78 is 0. The summed E-state index contributed by atoms with van der Waals surface area (Å²) >= 11 is 0. The first-order valence-electron chi connectivity index (χ1n) is 6.87. The van der Waals surface area contributed by atoms with E-state index in [0.717, 1.165) is 19.3 Å². The molecule has 1 aliphatic heterocycles. The number of piperazine rings is 1. The Morgan fingerprint density at radius 1 is 1.16 bits per heavy atom. The molecule has 4 heteroatoms. The van der Waals surface area contributed by atoms with Crippen LogP contribution in [-0.2, 0) is 16.0 Å². The fraction of sp³-hybridized carbons (Fsp3) is 0.467. The summed E-state index contributed by atoms with van der Waals surface area (Å²) in [5.74, 6) is 0.447. The molecule has 1 unspecified atom stereocenters. The van der Waals surface area contributed by atoms with Crippen molar-refractivity contribution in [1.29, 1.82) is 0 Å². The molecule has 2 aliphatic rings. The standard InChI is InChI=1S/C15H18N2O2/c18-13-10-16-15(19)14(12-6-7-12)17(13)9-8-11-4-2-1-3-5-11/h1-5,12,14H,6-10H2,(H,16,19). The van der Waals surface area contributed by atoms with Crippen molar-refractivity contribution in [2.75, 3.05) is 13.1 Å². The highest BCUT2D eigenvalue weighted by molar-refractivity contribution is 5.95. The normalized spacial score (nSPS) is 23.4. The van der Waals surface area contributed by atoms with Gasteiger partial charge < -0.3 is 10.2 Å². The van der Waals surface area contributed by atoms with E-state index in [1.807, 2.05) is 18.2 Å². The van der Waals surface area contributed by atoms with Crippen LogP contribution in [0.15, 0.2) is 30.3 Å². The van der Waals surface area contributed by atoms with Gasteiger partial charge in [0.1, 0.15) is 6.04 Å². The summed E-state index contributed by atoms with van der Waals surface area (Å²) in [5, 5.41) is 2.70. The molecular weight excluding hydrogens is 240 g/mol. The number of nitrogens with zero attached hydrogens (tertiary/aromatic N) is 1. The molecule has 1 saturated heterocycles. The lowest BCUT2D eigenvalue weighted by Crippen LogP contribution is -2.59. The minimum Gasteiger partial charge on any atom is -0.345 e. The van der Waals surface area contributed by atoms with Crippen LogP contribution in [-0.4, -0.2) is 35.8 Å². The second kappa shape index (κ2) is 5.03. The van der Waals surface area contributed by atoms with Crippen LogP contribution in [0.5, 0.6) is 0 Å². The largest absolute Gasteiger partial charge is 0.345 e. The number of benzene rings is 1. The van der Waals surface area contributed by atoms with Crippen LogP contribution < -0.4 is 5.32 Å². The molecule has 0 spiro atoms. The summed E-state index contributed by atoms with van der Waals surface area (Å²) in [6.45, 7) is 0.786. The van der Waals surface area contributed by atoms with Crippen molar-refractivity contribution in [3.8, 4) is 0 Å². The second-order valence-corrected chi connectivity index (χ2v) is 5.32. The lowest BCUT2D eigenvalue weighted by molar-refractivity contribution is -0.146. The van der Waals surface area contributed by atoms with Gasteiger partial charge in [-0.15, -0.1) is 0 Å². The van der Waals surface area contributed by atoms with Gasteiger partial charge in [0.05, 0.1) is 6.54 Å². The van der Waals surface area contributed by atoms with Crippen molar-refractivity contribution in [2.45, 2.75) is 25.3 Å². The summed E-state index contributed by atoms with van der Waals surface area (Å²) in [6.07, 6.45) is 2.93. The van der Waals surface area contributed by atoms with Crippen molar-refractivity contribution in [3.63, 3.8) is 0 Å². The predicted molar refractivity (Wildman–Crippen MR) is 71.4 cm³/mol. The fourth-order valence-corrected chi connectivity index (χ4v) is 2.70. The third-order valence-electron chi connectivity index (χ3n) is 3.89. The minimum absolute atomic E-state index is 0.0233. The van der Waals surface area contributed by atoms with Crippen LogP contribution in [0, 0.1) is 5.92 Å². The third-order valence-corrected chi connectivity index (χ3v) is 3.89. The molecule has 0 aromatic heterocycles. The van der Waals surface area contributed by atoms with E-state index >= 15 is 0 Å². The summed E-state index contributed by atoms with van der Waals surface area (Å²) in [5.41, 5.74) is 1.20. The molecule has 1 N–H and O–H groups in total. The Balaban J connectivity index is 1.69. The average molecular weight is 258 g/mol. The Morgan fingerprint density at radius 3 is 2.58 bits per heavy atom. The van der Waals surface area contributed by atoms with E-state index < -0.39 is 0 Å². The number of hydrogen-bond donors (Lipinski definition) is 1. The van der Waals surface area contributed by atoms with Crippen molar-refractivity contribution in [3.05, 3.63) is 35.9 Å². The molecule has 4 nitrogen and oxygen atoms in total. The zero-order chi connectivity index (χ0) is 13.2. The number of nitrogens with one attached hydrogen (secondary N) is 1. The van der Waals surface area contributed by atoms with Gasteiger partial charge in [0.25, 0.3) is 0 Å². The molecule has 1 heterocycles. The van der Waals surface area contributed by atoms with Crippen molar-refractivity contribution >= 4 is 11.8 Å². The van der Waals surface area contributed by atoms with Gasteiger partial charge in [0.2, 0.25) is 11.8 Å². The molecule has 0 radical (unpaired) electrons. The van der Waals surface area contributed by atoms with Gasteiger partial charge >= 0.3 is 0 Å². The summed E-state index contributed by atoms with van der Waals surface area (Å²) in [7, 11) is 0.